The highest BCUT2D eigenvalue weighted by Crippen LogP contribution is 2.30. The second-order valence-corrected chi connectivity index (χ2v) is 5.03. The molecular weight excluding hydrogens is 178 g/mol. The maximum Gasteiger partial charge on any atom is 0.169 e. The van der Waals surface area contributed by atoms with Gasteiger partial charge in [-0.15, -0.1) is 0 Å². The monoisotopic (exact) mass is 201 g/mol. The number of hydrogen-bond donors (Lipinski definition) is 2. The van der Waals surface area contributed by atoms with Crippen LogP contribution in [0.3, 0.4) is 0 Å². The minimum atomic E-state index is -1.22. The van der Waals surface area contributed by atoms with Crippen molar-refractivity contribution in [1.29, 1.82) is 0 Å². The molecule has 0 aromatic heterocycles. The van der Waals surface area contributed by atoms with Gasteiger partial charge in [0.05, 0.1) is 5.54 Å². The van der Waals surface area contributed by atoms with Gasteiger partial charge >= 0.3 is 0 Å². The summed E-state index contributed by atoms with van der Waals surface area (Å²) in [7, 11) is 0. The molecule has 1 unspecified atom stereocenters. The molecule has 1 aliphatic rings. The maximum absolute atomic E-state index is 9.43. The summed E-state index contributed by atoms with van der Waals surface area (Å²) >= 11 is 0. The number of piperidine rings is 1. The van der Waals surface area contributed by atoms with Gasteiger partial charge in [-0.25, -0.2) is 0 Å². The normalized spacial score (nSPS) is 30.2. The lowest BCUT2D eigenvalue weighted by Gasteiger charge is -2.46. The molecule has 0 bridgehead atoms. The molecule has 0 spiro atoms. The van der Waals surface area contributed by atoms with Crippen LogP contribution in [-0.2, 0) is 0 Å². The number of aliphatic hydroxyl groups excluding tert-OH is 1. The molecule has 3 heteroatoms. The Morgan fingerprint density at radius 2 is 1.93 bits per heavy atom. The lowest BCUT2D eigenvalue weighted by molar-refractivity contribution is -0.160. The zero-order chi connectivity index (χ0) is 10.8. The second kappa shape index (κ2) is 4.60. The fourth-order valence-corrected chi connectivity index (χ4v) is 2.23. The molecule has 14 heavy (non-hydrogen) atoms. The van der Waals surface area contributed by atoms with Crippen molar-refractivity contribution in [2.75, 3.05) is 13.1 Å². The van der Waals surface area contributed by atoms with E-state index in [1.165, 1.54) is 6.42 Å². The van der Waals surface area contributed by atoms with Crippen molar-refractivity contribution in [2.45, 2.75) is 51.9 Å². The van der Waals surface area contributed by atoms with Gasteiger partial charge in [0.2, 0.25) is 0 Å². The zero-order valence-electron chi connectivity index (χ0n) is 9.53. The highest BCUT2D eigenvalue weighted by Gasteiger charge is 2.39. The Morgan fingerprint density at radius 3 is 2.43 bits per heavy atom. The van der Waals surface area contributed by atoms with Gasteiger partial charge in [0.25, 0.3) is 0 Å². The molecular formula is C11H23NO2. The first-order chi connectivity index (χ1) is 6.47. The average molecular weight is 201 g/mol. The molecule has 1 fully saturated rings. The van der Waals surface area contributed by atoms with Crippen LogP contribution >= 0.6 is 0 Å². The van der Waals surface area contributed by atoms with E-state index in [1.54, 1.807) is 0 Å². The van der Waals surface area contributed by atoms with E-state index in [4.69, 9.17) is 0 Å². The van der Waals surface area contributed by atoms with E-state index >= 15 is 0 Å². The fourth-order valence-electron chi connectivity index (χ4n) is 2.23. The van der Waals surface area contributed by atoms with Crippen molar-refractivity contribution in [1.82, 2.24) is 4.90 Å². The average Bonchev–Trinajstić information content (AvgIpc) is 2.08. The van der Waals surface area contributed by atoms with Crippen LogP contribution < -0.4 is 0 Å². The molecule has 0 radical (unpaired) electrons. The standard InChI is InChI=1S/C11H23NO2/c1-9(2)8-12-7-5-4-6-11(12,3)10(13)14/h9-10,13-14H,4-8H2,1-3H3. The number of nitrogens with zero attached hydrogens (tertiary/aromatic N) is 1. The summed E-state index contributed by atoms with van der Waals surface area (Å²) in [6.07, 6.45) is 1.94. The Kier molecular flexibility index (Phi) is 3.93. The summed E-state index contributed by atoms with van der Waals surface area (Å²) in [5.74, 6) is 0.575. The van der Waals surface area contributed by atoms with Crippen LogP contribution in [0.1, 0.15) is 40.0 Å². The minimum absolute atomic E-state index is 0.428. The lowest BCUT2D eigenvalue weighted by atomic mass is 9.87. The summed E-state index contributed by atoms with van der Waals surface area (Å²) in [6.45, 7) is 8.23. The van der Waals surface area contributed by atoms with Crippen molar-refractivity contribution >= 4 is 0 Å². The highest BCUT2D eigenvalue weighted by atomic mass is 16.5. The Balaban J connectivity index is 2.67. The highest BCUT2D eigenvalue weighted by molar-refractivity contribution is 4.91. The van der Waals surface area contributed by atoms with Crippen LogP contribution in [0.4, 0.5) is 0 Å². The molecule has 0 aliphatic carbocycles. The van der Waals surface area contributed by atoms with Gasteiger partial charge in [0.1, 0.15) is 0 Å². The van der Waals surface area contributed by atoms with Gasteiger partial charge in [-0.2, -0.15) is 0 Å². The largest absolute Gasteiger partial charge is 0.367 e. The van der Waals surface area contributed by atoms with Gasteiger partial charge in [-0.05, 0) is 32.2 Å². The third kappa shape index (κ3) is 2.47. The molecule has 0 aromatic carbocycles. The third-order valence-corrected chi connectivity index (χ3v) is 3.23. The summed E-state index contributed by atoms with van der Waals surface area (Å²) in [4.78, 5) is 2.23. The van der Waals surface area contributed by atoms with Crippen LogP contribution in [0.5, 0.6) is 0 Å². The minimum Gasteiger partial charge on any atom is -0.367 e. The van der Waals surface area contributed by atoms with E-state index in [0.29, 0.717) is 5.92 Å². The quantitative estimate of drug-likeness (QED) is 0.674. The van der Waals surface area contributed by atoms with E-state index in [-0.39, 0.29) is 0 Å². The summed E-state index contributed by atoms with van der Waals surface area (Å²) < 4.78 is 0. The Bertz CT molecular complexity index is 182. The summed E-state index contributed by atoms with van der Waals surface area (Å²) in [6, 6.07) is 0. The molecule has 1 aliphatic heterocycles. The van der Waals surface area contributed by atoms with Crippen molar-refractivity contribution in [3.63, 3.8) is 0 Å². The SMILES string of the molecule is CC(C)CN1CCCCC1(C)C(O)O. The van der Waals surface area contributed by atoms with Crippen molar-refractivity contribution in [2.24, 2.45) is 5.92 Å². The molecule has 3 nitrogen and oxygen atoms in total. The molecule has 1 rings (SSSR count). The van der Waals surface area contributed by atoms with Crippen LogP contribution in [-0.4, -0.2) is 40.0 Å². The molecule has 1 heterocycles. The van der Waals surface area contributed by atoms with E-state index in [0.717, 1.165) is 25.9 Å². The Labute approximate surface area is 86.7 Å². The van der Waals surface area contributed by atoms with Gasteiger partial charge in [-0.1, -0.05) is 20.3 Å². The summed E-state index contributed by atoms with van der Waals surface area (Å²) in [5.41, 5.74) is -0.428. The molecule has 0 aromatic rings. The van der Waals surface area contributed by atoms with Gasteiger partial charge < -0.3 is 10.2 Å². The maximum atomic E-state index is 9.43. The summed E-state index contributed by atoms with van der Waals surface area (Å²) in [5, 5.41) is 18.9. The van der Waals surface area contributed by atoms with Crippen LogP contribution in [0, 0.1) is 5.92 Å². The first-order valence-electron chi connectivity index (χ1n) is 5.58. The molecule has 84 valence electrons. The molecule has 2 N–H and O–H groups in total. The van der Waals surface area contributed by atoms with Gasteiger partial charge in [-0.3, -0.25) is 4.90 Å². The van der Waals surface area contributed by atoms with Crippen LogP contribution in [0.2, 0.25) is 0 Å². The Morgan fingerprint density at radius 1 is 1.29 bits per heavy atom. The lowest BCUT2D eigenvalue weighted by Crippen LogP contribution is -2.57. The first kappa shape index (κ1) is 12.0. The Hall–Kier alpha value is -0.120. The number of aliphatic hydroxyl groups is 2. The number of likely N-dealkylation sites (tertiary alicyclic amines) is 1. The second-order valence-electron chi connectivity index (χ2n) is 5.03. The molecule has 1 saturated heterocycles. The van der Waals surface area contributed by atoms with Crippen molar-refractivity contribution in [3.05, 3.63) is 0 Å². The molecule has 0 saturated carbocycles. The van der Waals surface area contributed by atoms with Crippen molar-refractivity contribution in [3.8, 4) is 0 Å². The smallest absolute Gasteiger partial charge is 0.169 e. The van der Waals surface area contributed by atoms with E-state index in [9.17, 15) is 10.2 Å². The predicted octanol–water partition coefficient (Wildman–Crippen LogP) is 1.20. The number of rotatable bonds is 3. The van der Waals surface area contributed by atoms with Gasteiger partial charge in [0, 0.05) is 6.54 Å². The van der Waals surface area contributed by atoms with Gasteiger partial charge in [0.15, 0.2) is 6.29 Å². The fraction of sp³-hybridized carbons (Fsp3) is 1.00. The van der Waals surface area contributed by atoms with E-state index < -0.39 is 11.8 Å². The molecule has 0 amide bonds. The van der Waals surface area contributed by atoms with Crippen LogP contribution in [0.15, 0.2) is 0 Å². The number of hydrogen-bond acceptors (Lipinski definition) is 3. The zero-order valence-corrected chi connectivity index (χ0v) is 9.53. The topological polar surface area (TPSA) is 43.7 Å². The van der Waals surface area contributed by atoms with E-state index in [2.05, 4.69) is 18.7 Å². The van der Waals surface area contributed by atoms with Crippen LogP contribution in [0.25, 0.3) is 0 Å². The first-order valence-corrected chi connectivity index (χ1v) is 5.58. The predicted molar refractivity (Wildman–Crippen MR) is 56.9 cm³/mol. The van der Waals surface area contributed by atoms with E-state index in [1.807, 2.05) is 6.92 Å². The third-order valence-electron chi connectivity index (χ3n) is 3.23. The van der Waals surface area contributed by atoms with Crippen molar-refractivity contribution < 1.29 is 10.2 Å². The molecule has 1 atom stereocenters.